The second-order valence-corrected chi connectivity index (χ2v) is 6.46. The van der Waals surface area contributed by atoms with Gasteiger partial charge in [0.25, 0.3) is 0 Å². The zero-order chi connectivity index (χ0) is 10.2. The summed E-state index contributed by atoms with van der Waals surface area (Å²) in [4.78, 5) is 18.8. The van der Waals surface area contributed by atoms with E-state index in [0.29, 0.717) is 12.1 Å². The van der Waals surface area contributed by atoms with Gasteiger partial charge in [0.1, 0.15) is 0 Å². The van der Waals surface area contributed by atoms with E-state index in [1.54, 1.807) is 0 Å². The molecule has 3 N–H and O–H groups in total. The molecule has 0 saturated heterocycles. The zero-order valence-electron chi connectivity index (χ0n) is 8.42. The molecule has 0 unspecified atom stereocenters. The summed E-state index contributed by atoms with van der Waals surface area (Å²) in [7, 11) is -2.79. The van der Waals surface area contributed by atoms with Crippen molar-refractivity contribution in [1.29, 1.82) is 0 Å². The van der Waals surface area contributed by atoms with Crippen LogP contribution in [-0.2, 0) is 0 Å². The highest BCUT2D eigenvalue weighted by molar-refractivity contribution is 6.64. The Kier molecular flexibility index (Phi) is 7.17. The minimum atomic E-state index is -2.79. The van der Waals surface area contributed by atoms with Crippen molar-refractivity contribution >= 4 is 8.56 Å². The van der Waals surface area contributed by atoms with E-state index in [0.717, 1.165) is 25.9 Å². The molecule has 0 amide bonds. The third kappa shape index (κ3) is 8.17. The second-order valence-electron chi connectivity index (χ2n) is 3.29. The lowest BCUT2D eigenvalue weighted by Crippen LogP contribution is -2.33. The maximum absolute atomic E-state index is 9.38. The average Bonchev–Trinajstić information content (AvgIpc) is 2.11. The molecule has 0 fully saturated rings. The molecule has 0 aromatic carbocycles. The summed E-state index contributed by atoms with van der Waals surface area (Å²) in [6, 6.07) is 1.13. The molecule has 0 aliphatic heterocycles. The van der Waals surface area contributed by atoms with Crippen molar-refractivity contribution in [3.63, 3.8) is 0 Å². The maximum Gasteiger partial charge on any atom is 0.332 e. The minimum Gasteiger partial charge on any atom is -0.411 e. The quantitative estimate of drug-likeness (QED) is 0.313. The van der Waals surface area contributed by atoms with Crippen LogP contribution in [0.25, 0.3) is 0 Å². The van der Waals surface area contributed by atoms with Crippen molar-refractivity contribution in [3.8, 4) is 0 Å². The molecule has 0 bridgehead atoms. The van der Waals surface area contributed by atoms with Gasteiger partial charge < -0.3 is 14.9 Å². The Balaban J connectivity index is 3.20. The summed E-state index contributed by atoms with van der Waals surface area (Å²) < 4.78 is 0. The topological polar surface area (TPSA) is 52.5 Å². The van der Waals surface area contributed by atoms with Crippen LogP contribution >= 0.6 is 0 Å². The van der Waals surface area contributed by atoms with Crippen LogP contribution in [0.2, 0.25) is 12.1 Å². The van der Waals surface area contributed by atoms with E-state index in [1.807, 2.05) is 13.0 Å². The van der Waals surface area contributed by atoms with Crippen molar-refractivity contribution in [2.45, 2.75) is 31.9 Å². The SMILES string of the molecule is C=CCNCCCC[Si](O)(O)CC. The van der Waals surface area contributed by atoms with E-state index in [2.05, 4.69) is 11.9 Å². The summed E-state index contributed by atoms with van der Waals surface area (Å²) in [6.07, 6.45) is 3.73. The Morgan fingerprint density at radius 2 is 2.08 bits per heavy atom. The first-order valence-corrected chi connectivity index (χ1v) is 7.19. The molecule has 13 heavy (non-hydrogen) atoms. The molecule has 78 valence electrons. The van der Waals surface area contributed by atoms with Crippen LogP contribution in [0.15, 0.2) is 12.7 Å². The van der Waals surface area contributed by atoms with Crippen molar-refractivity contribution < 1.29 is 9.59 Å². The zero-order valence-corrected chi connectivity index (χ0v) is 9.42. The highest BCUT2D eigenvalue weighted by atomic mass is 28.4. The largest absolute Gasteiger partial charge is 0.411 e. The molecule has 0 atom stereocenters. The monoisotopic (exact) mass is 203 g/mol. The highest BCUT2D eigenvalue weighted by Crippen LogP contribution is 2.11. The second kappa shape index (κ2) is 7.26. The van der Waals surface area contributed by atoms with E-state index in [-0.39, 0.29) is 0 Å². The standard InChI is InChI=1S/C9H21NO2Si/c1-3-7-10-8-5-6-9-13(11,12)4-2/h3,10-12H,1,4-9H2,2H3. The van der Waals surface area contributed by atoms with Crippen LogP contribution < -0.4 is 5.32 Å². The maximum atomic E-state index is 9.38. The Morgan fingerprint density at radius 1 is 1.38 bits per heavy atom. The average molecular weight is 203 g/mol. The van der Waals surface area contributed by atoms with Gasteiger partial charge in [0.05, 0.1) is 0 Å². The minimum absolute atomic E-state index is 0.535. The predicted molar refractivity (Wildman–Crippen MR) is 57.8 cm³/mol. The molecule has 0 saturated carbocycles. The van der Waals surface area contributed by atoms with Gasteiger partial charge in [0.2, 0.25) is 0 Å². The number of hydrogen-bond acceptors (Lipinski definition) is 3. The third-order valence-electron chi connectivity index (χ3n) is 2.04. The molecule has 0 aromatic rings. The third-order valence-corrected chi connectivity index (χ3v) is 4.32. The fourth-order valence-electron chi connectivity index (χ4n) is 1.04. The molecule has 0 radical (unpaired) electrons. The van der Waals surface area contributed by atoms with E-state index in [4.69, 9.17) is 0 Å². The van der Waals surface area contributed by atoms with Crippen LogP contribution in [-0.4, -0.2) is 31.2 Å². The van der Waals surface area contributed by atoms with Crippen molar-refractivity contribution in [2.24, 2.45) is 0 Å². The van der Waals surface area contributed by atoms with Crippen LogP contribution in [0.1, 0.15) is 19.8 Å². The lowest BCUT2D eigenvalue weighted by atomic mass is 10.3. The highest BCUT2D eigenvalue weighted by Gasteiger charge is 2.24. The van der Waals surface area contributed by atoms with Crippen LogP contribution in [0, 0.1) is 0 Å². The molecule has 0 spiro atoms. The van der Waals surface area contributed by atoms with Gasteiger partial charge in [0.15, 0.2) is 0 Å². The first-order chi connectivity index (χ1) is 6.12. The Hall–Kier alpha value is -0.163. The number of unbranched alkanes of at least 4 members (excludes halogenated alkanes) is 1. The van der Waals surface area contributed by atoms with Gasteiger partial charge in [-0.25, -0.2) is 0 Å². The molecule has 0 aromatic heterocycles. The van der Waals surface area contributed by atoms with Gasteiger partial charge in [-0.2, -0.15) is 0 Å². The summed E-state index contributed by atoms with van der Waals surface area (Å²) in [5, 5.41) is 3.17. The molecule has 3 nitrogen and oxygen atoms in total. The van der Waals surface area contributed by atoms with E-state index in [9.17, 15) is 9.59 Å². The van der Waals surface area contributed by atoms with Gasteiger partial charge in [0, 0.05) is 6.54 Å². The Bertz CT molecular complexity index is 140. The molecular formula is C9H21NO2Si. The van der Waals surface area contributed by atoms with E-state index < -0.39 is 8.56 Å². The molecule has 0 aliphatic carbocycles. The van der Waals surface area contributed by atoms with Crippen LogP contribution in [0.4, 0.5) is 0 Å². The predicted octanol–water partition coefficient (Wildman–Crippen LogP) is 0.989. The normalized spacial score (nSPS) is 11.6. The van der Waals surface area contributed by atoms with E-state index >= 15 is 0 Å². The number of nitrogens with one attached hydrogen (secondary N) is 1. The van der Waals surface area contributed by atoms with Crippen molar-refractivity contribution in [2.75, 3.05) is 13.1 Å². The smallest absolute Gasteiger partial charge is 0.332 e. The first-order valence-electron chi connectivity index (χ1n) is 4.89. The number of hydrogen-bond donors (Lipinski definition) is 3. The van der Waals surface area contributed by atoms with Gasteiger partial charge in [-0.15, -0.1) is 6.58 Å². The fourth-order valence-corrected chi connectivity index (χ4v) is 2.21. The fraction of sp³-hybridized carbons (Fsp3) is 0.778. The van der Waals surface area contributed by atoms with Crippen molar-refractivity contribution in [3.05, 3.63) is 12.7 Å². The first kappa shape index (κ1) is 12.8. The lowest BCUT2D eigenvalue weighted by molar-refractivity contribution is 0.356. The molecular weight excluding hydrogens is 182 g/mol. The summed E-state index contributed by atoms with van der Waals surface area (Å²) in [6.45, 7) is 7.19. The Labute approximate surface area is 81.7 Å². The van der Waals surface area contributed by atoms with Crippen molar-refractivity contribution in [1.82, 2.24) is 5.32 Å². The van der Waals surface area contributed by atoms with Gasteiger partial charge in [-0.1, -0.05) is 19.4 Å². The van der Waals surface area contributed by atoms with Gasteiger partial charge in [-0.3, -0.25) is 0 Å². The molecule has 0 heterocycles. The Morgan fingerprint density at radius 3 is 2.62 bits per heavy atom. The number of rotatable bonds is 8. The lowest BCUT2D eigenvalue weighted by Gasteiger charge is -2.14. The van der Waals surface area contributed by atoms with Gasteiger partial charge in [-0.05, 0) is 25.1 Å². The summed E-state index contributed by atoms with van der Waals surface area (Å²) >= 11 is 0. The summed E-state index contributed by atoms with van der Waals surface area (Å²) in [5.41, 5.74) is 0. The molecule has 0 aliphatic rings. The van der Waals surface area contributed by atoms with Gasteiger partial charge >= 0.3 is 8.56 Å². The molecule has 0 rings (SSSR count). The van der Waals surface area contributed by atoms with Crippen LogP contribution in [0.5, 0.6) is 0 Å². The van der Waals surface area contributed by atoms with E-state index in [1.165, 1.54) is 0 Å². The molecule has 4 heteroatoms. The summed E-state index contributed by atoms with van der Waals surface area (Å²) in [5.74, 6) is 0. The van der Waals surface area contributed by atoms with Crippen LogP contribution in [0.3, 0.4) is 0 Å².